The molecule has 0 saturated carbocycles. The molecule has 2 nitrogen and oxygen atoms in total. The first-order chi connectivity index (χ1) is 3.77. The third-order valence-electron chi connectivity index (χ3n) is 1.03. The van der Waals surface area contributed by atoms with Gasteiger partial charge in [0.05, 0.1) is 0 Å². The summed E-state index contributed by atoms with van der Waals surface area (Å²) in [5.74, 6) is -0.182. The predicted octanol–water partition coefficient (Wildman–Crippen LogP) is -5.32. The number of unbranched alkanes of at least 4 members (excludes halogenated alkanes) is 2. The number of amides is 1. The normalized spacial score (nSPS) is 6.64. The zero-order valence-electron chi connectivity index (χ0n) is 6.78. The summed E-state index contributed by atoms with van der Waals surface area (Å²) in [6.45, 7) is 2.10. The molecule has 0 atom stereocenters. The van der Waals surface area contributed by atoms with E-state index in [1.54, 1.807) is 0 Å². The van der Waals surface area contributed by atoms with Crippen LogP contribution in [0.3, 0.4) is 0 Å². The molecule has 0 spiro atoms. The van der Waals surface area contributed by atoms with Gasteiger partial charge in [0.15, 0.2) is 0 Å². The summed E-state index contributed by atoms with van der Waals surface area (Å²) in [5.41, 5.74) is 4.89. The molecule has 0 fully saturated rings. The molecule has 0 aliphatic heterocycles. The topological polar surface area (TPSA) is 43.1 Å². The number of carbonyl (C=O) groups excluding carboxylic acids is 1. The molecule has 1 amide bonds. The van der Waals surface area contributed by atoms with Gasteiger partial charge in [0, 0.05) is 6.42 Å². The van der Waals surface area contributed by atoms with E-state index in [0.717, 1.165) is 19.3 Å². The van der Waals surface area contributed by atoms with Crippen molar-refractivity contribution in [2.75, 3.05) is 0 Å². The van der Waals surface area contributed by atoms with Crippen LogP contribution in [-0.4, -0.2) is 29.0 Å². The first-order valence-electron chi connectivity index (χ1n) is 3.05. The summed E-state index contributed by atoms with van der Waals surface area (Å²) >= 11 is 0. The van der Waals surface area contributed by atoms with Gasteiger partial charge in [-0.15, -0.1) is 0 Å². The Kier molecular flexibility index (Phi) is 35.1. The molecule has 0 rings (SSSR count). The predicted molar refractivity (Wildman–Crippen MR) is 39.1 cm³/mol. The molecule has 0 aliphatic carbocycles. The summed E-state index contributed by atoms with van der Waals surface area (Å²) in [7, 11) is 0. The first kappa shape index (κ1) is 22.6. The Morgan fingerprint density at radius 2 is 1.73 bits per heavy atom. The SMILES string of the molecule is CCCCCC(N)=O.[Cl-].[Cl-].[Mg+2]. The third kappa shape index (κ3) is 24.9. The molecule has 11 heavy (non-hydrogen) atoms. The van der Waals surface area contributed by atoms with Gasteiger partial charge in [-0.1, -0.05) is 19.8 Å². The van der Waals surface area contributed by atoms with E-state index in [1.807, 2.05) is 0 Å². The molecule has 0 saturated heterocycles. The molecule has 0 aliphatic rings. The quantitative estimate of drug-likeness (QED) is 0.366. The zero-order chi connectivity index (χ0) is 6.41. The van der Waals surface area contributed by atoms with E-state index >= 15 is 0 Å². The van der Waals surface area contributed by atoms with Crippen molar-refractivity contribution in [1.82, 2.24) is 0 Å². The number of hydrogen-bond donors (Lipinski definition) is 1. The molecule has 0 aromatic heterocycles. The molecule has 64 valence electrons. The van der Waals surface area contributed by atoms with Gasteiger partial charge in [-0.3, -0.25) is 4.79 Å². The molecule has 0 aromatic rings. The van der Waals surface area contributed by atoms with E-state index in [1.165, 1.54) is 0 Å². The Labute approximate surface area is 96.6 Å². The third-order valence-corrected chi connectivity index (χ3v) is 1.03. The van der Waals surface area contributed by atoms with Crippen molar-refractivity contribution in [1.29, 1.82) is 0 Å². The van der Waals surface area contributed by atoms with E-state index in [9.17, 15) is 4.79 Å². The number of rotatable bonds is 4. The van der Waals surface area contributed by atoms with Gasteiger partial charge < -0.3 is 30.5 Å². The minimum atomic E-state index is -0.182. The van der Waals surface area contributed by atoms with Gasteiger partial charge in [-0.2, -0.15) is 0 Å². The van der Waals surface area contributed by atoms with Crippen LogP contribution in [0.5, 0.6) is 0 Å². The maximum absolute atomic E-state index is 10.1. The van der Waals surface area contributed by atoms with Gasteiger partial charge in [0.25, 0.3) is 0 Å². The van der Waals surface area contributed by atoms with Crippen molar-refractivity contribution in [3.63, 3.8) is 0 Å². The molecular formula is C6H13Cl2MgNO. The fraction of sp³-hybridized carbons (Fsp3) is 0.833. The number of carbonyl (C=O) groups is 1. The van der Waals surface area contributed by atoms with Crippen molar-refractivity contribution >= 4 is 29.0 Å². The van der Waals surface area contributed by atoms with E-state index in [4.69, 9.17) is 5.73 Å². The second-order valence-electron chi connectivity index (χ2n) is 1.92. The largest absolute Gasteiger partial charge is 2.00 e. The average molecular weight is 210 g/mol. The maximum atomic E-state index is 10.1. The minimum Gasteiger partial charge on any atom is -1.00 e. The van der Waals surface area contributed by atoms with Gasteiger partial charge in [0.1, 0.15) is 0 Å². The van der Waals surface area contributed by atoms with Crippen LogP contribution in [0.2, 0.25) is 0 Å². The minimum absolute atomic E-state index is 0. The molecule has 0 unspecified atom stereocenters. The van der Waals surface area contributed by atoms with Gasteiger partial charge in [-0.05, 0) is 6.42 Å². The first-order valence-corrected chi connectivity index (χ1v) is 3.05. The van der Waals surface area contributed by atoms with Crippen LogP contribution < -0.4 is 30.5 Å². The molecular weight excluding hydrogens is 197 g/mol. The second kappa shape index (κ2) is 17.1. The van der Waals surface area contributed by atoms with E-state index in [2.05, 4.69) is 6.92 Å². The number of primary amides is 1. The summed E-state index contributed by atoms with van der Waals surface area (Å²) in [6, 6.07) is 0. The molecule has 0 radical (unpaired) electrons. The van der Waals surface area contributed by atoms with Crippen molar-refractivity contribution in [3.8, 4) is 0 Å². The Morgan fingerprint density at radius 1 is 1.27 bits per heavy atom. The molecule has 0 bridgehead atoms. The molecule has 0 heterocycles. The zero-order valence-corrected chi connectivity index (χ0v) is 9.70. The molecule has 2 N–H and O–H groups in total. The number of hydrogen-bond acceptors (Lipinski definition) is 1. The standard InChI is InChI=1S/C6H13NO.2ClH.Mg/c1-2-3-4-5-6(7)8;;;/h2-5H2,1H3,(H2,7,8);2*1H;/q;;;+2/p-2. The maximum Gasteiger partial charge on any atom is 2.00 e. The van der Waals surface area contributed by atoms with Crippen molar-refractivity contribution in [2.24, 2.45) is 5.73 Å². The van der Waals surface area contributed by atoms with Crippen LogP contribution in [0.1, 0.15) is 32.6 Å². The Balaban J connectivity index is -0.0000000817. The van der Waals surface area contributed by atoms with Crippen LogP contribution in [0.4, 0.5) is 0 Å². The molecule has 0 aromatic carbocycles. The summed E-state index contributed by atoms with van der Waals surface area (Å²) in [4.78, 5) is 10.1. The van der Waals surface area contributed by atoms with Crippen LogP contribution in [0, 0.1) is 0 Å². The van der Waals surface area contributed by atoms with Crippen LogP contribution in [0.25, 0.3) is 0 Å². The summed E-state index contributed by atoms with van der Waals surface area (Å²) in [5, 5.41) is 0. The van der Waals surface area contributed by atoms with E-state index < -0.39 is 0 Å². The number of nitrogens with two attached hydrogens (primary N) is 1. The smallest absolute Gasteiger partial charge is 1.00 e. The van der Waals surface area contributed by atoms with Crippen LogP contribution in [-0.2, 0) is 4.79 Å². The van der Waals surface area contributed by atoms with Gasteiger partial charge >= 0.3 is 23.1 Å². The van der Waals surface area contributed by atoms with E-state index in [0.29, 0.717) is 6.42 Å². The summed E-state index contributed by atoms with van der Waals surface area (Å²) in [6.07, 6.45) is 3.76. The average Bonchev–Trinajstić information content (AvgIpc) is 1.66. The van der Waals surface area contributed by atoms with Gasteiger partial charge in [0.2, 0.25) is 5.91 Å². The monoisotopic (exact) mass is 209 g/mol. The number of halogens is 2. The fourth-order valence-corrected chi connectivity index (χ4v) is 0.549. The van der Waals surface area contributed by atoms with E-state index in [-0.39, 0.29) is 53.8 Å². The molecule has 5 heteroatoms. The Hall–Kier alpha value is 0.816. The second-order valence-corrected chi connectivity index (χ2v) is 1.92. The van der Waals surface area contributed by atoms with Crippen molar-refractivity contribution < 1.29 is 29.6 Å². The van der Waals surface area contributed by atoms with Crippen LogP contribution in [0.15, 0.2) is 0 Å². The fourth-order valence-electron chi connectivity index (χ4n) is 0.549. The van der Waals surface area contributed by atoms with Crippen LogP contribution >= 0.6 is 0 Å². The van der Waals surface area contributed by atoms with Crippen molar-refractivity contribution in [2.45, 2.75) is 32.6 Å². The Bertz CT molecular complexity index is 83.0. The summed E-state index contributed by atoms with van der Waals surface area (Å²) < 4.78 is 0. The van der Waals surface area contributed by atoms with Gasteiger partial charge in [-0.25, -0.2) is 0 Å². The van der Waals surface area contributed by atoms with Crippen molar-refractivity contribution in [3.05, 3.63) is 0 Å². The Morgan fingerprint density at radius 3 is 2.00 bits per heavy atom.